The summed E-state index contributed by atoms with van der Waals surface area (Å²) in [6, 6.07) is 4.69. The second-order valence-corrected chi connectivity index (χ2v) is 4.19. The third kappa shape index (κ3) is 1.71. The summed E-state index contributed by atoms with van der Waals surface area (Å²) in [6.07, 6.45) is -0.0550. The van der Waals surface area contributed by atoms with Gasteiger partial charge in [-0.2, -0.15) is 5.10 Å². The molecule has 4 nitrogen and oxygen atoms in total. The fourth-order valence-corrected chi connectivity index (χ4v) is 2.34. The van der Waals surface area contributed by atoms with E-state index in [9.17, 15) is 4.39 Å². The predicted molar refractivity (Wildman–Crippen MR) is 62.3 cm³/mol. The van der Waals surface area contributed by atoms with E-state index in [2.05, 4.69) is 10.4 Å². The highest BCUT2D eigenvalue weighted by Gasteiger charge is 2.24. The van der Waals surface area contributed by atoms with Crippen LogP contribution >= 0.6 is 0 Å². The molecule has 1 aliphatic heterocycles. The quantitative estimate of drug-likeness (QED) is 0.856. The molecule has 5 heteroatoms. The first-order valence-electron chi connectivity index (χ1n) is 5.72. The molecule has 1 atom stereocenters. The molecule has 2 heterocycles. The Morgan fingerprint density at radius 2 is 2.47 bits per heavy atom. The summed E-state index contributed by atoms with van der Waals surface area (Å²) >= 11 is 0. The average molecular weight is 235 g/mol. The van der Waals surface area contributed by atoms with Crippen molar-refractivity contribution in [3.05, 3.63) is 29.7 Å². The molecule has 1 unspecified atom stereocenters. The zero-order valence-corrected chi connectivity index (χ0v) is 9.61. The van der Waals surface area contributed by atoms with E-state index in [-0.39, 0.29) is 11.9 Å². The lowest BCUT2D eigenvalue weighted by atomic mass is 10.1. The highest BCUT2D eigenvalue weighted by molar-refractivity contribution is 5.82. The lowest BCUT2D eigenvalue weighted by molar-refractivity contribution is 0.0195. The van der Waals surface area contributed by atoms with Crippen LogP contribution in [0.3, 0.4) is 0 Å². The summed E-state index contributed by atoms with van der Waals surface area (Å²) in [5, 5.41) is 8.41. The van der Waals surface area contributed by atoms with Gasteiger partial charge >= 0.3 is 0 Å². The van der Waals surface area contributed by atoms with E-state index in [1.807, 2.05) is 11.7 Å². The van der Waals surface area contributed by atoms with Crippen molar-refractivity contribution in [2.75, 3.05) is 20.2 Å². The molecule has 0 spiro atoms. The number of fused-ring (bicyclic) bond motifs is 3. The van der Waals surface area contributed by atoms with Gasteiger partial charge in [-0.05, 0) is 25.2 Å². The number of nitrogens with zero attached hydrogens (tertiary/aromatic N) is 2. The van der Waals surface area contributed by atoms with Crippen molar-refractivity contribution in [2.45, 2.75) is 12.6 Å². The van der Waals surface area contributed by atoms with Crippen LogP contribution in [0.1, 0.15) is 11.8 Å². The minimum atomic E-state index is -0.234. The number of benzene rings is 1. The van der Waals surface area contributed by atoms with Crippen LogP contribution in [-0.4, -0.2) is 30.0 Å². The smallest absolute Gasteiger partial charge is 0.124 e. The lowest BCUT2D eigenvalue weighted by Gasteiger charge is -2.24. The molecule has 0 bridgehead atoms. The molecule has 1 aromatic carbocycles. The van der Waals surface area contributed by atoms with Gasteiger partial charge in [0.05, 0.1) is 24.4 Å². The van der Waals surface area contributed by atoms with Gasteiger partial charge in [0.15, 0.2) is 0 Å². The fourth-order valence-electron chi connectivity index (χ4n) is 2.34. The Morgan fingerprint density at radius 3 is 3.29 bits per heavy atom. The highest BCUT2D eigenvalue weighted by Crippen LogP contribution is 2.29. The summed E-state index contributed by atoms with van der Waals surface area (Å²) in [6.45, 7) is 2.08. The van der Waals surface area contributed by atoms with Crippen LogP contribution in [0.15, 0.2) is 18.2 Å². The van der Waals surface area contributed by atoms with Gasteiger partial charge in [0, 0.05) is 11.9 Å². The van der Waals surface area contributed by atoms with E-state index in [4.69, 9.17) is 4.74 Å². The van der Waals surface area contributed by atoms with E-state index < -0.39 is 0 Å². The molecule has 0 radical (unpaired) electrons. The van der Waals surface area contributed by atoms with Crippen molar-refractivity contribution in [3.63, 3.8) is 0 Å². The molecule has 1 N–H and O–H groups in total. The van der Waals surface area contributed by atoms with Crippen molar-refractivity contribution < 1.29 is 9.13 Å². The van der Waals surface area contributed by atoms with Gasteiger partial charge < -0.3 is 10.1 Å². The lowest BCUT2D eigenvalue weighted by Crippen LogP contribution is -2.28. The first kappa shape index (κ1) is 10.7. The van der Waals surface area contributed by atoms with Crippen molar-refractivity contribution in [2.24, 2.45) is 0 Å². The van der Waals surface area contributed by atoms with Crippen LogP contribution in [0, 0.1) is 5.82 Å². The molecular formula is C12H14FN3O. The van der Waals surface area contributed by atoms with E-state index >= 15 is 0 Å². The molecule has 0 saturated carbocycles. The van der Waals surface area contributed by atoms with Crippen LogP contribution in [-0.2, 0) is 11.3 Å². The van der Waals surface area contributed by atoms with Gasteiger partial charge in [-0.3, -0.25) is 4.68 Å². The molecule has 2 aromatic rings. The summed E-state index contributed by atoms with van der Waals surface area (Å²) in [7, 11) is 1.88. The SMILES string of the molecule is CNCC1OCCn2nc3ccc(F)cc3c21. The predicted octanol–water partition coefficient (Wildman–Crippen LogP) is 1.47. The van der Waals surface area contributed by atoms with Crippen LogP contribution in [0.4, 0.5) is 4.39 Å². The first-order valence-corrected chi connectivity index (χ1v) is 5.72. The Kier molecular flexibility index (Phi) is 2.57. The molecule has 1 aliphatic rings. The van der Waals surface area contributed by atoms with Crippen LogP contribution in [0.25, 0.3) is 10.9 Å². The molecule has 0 amide bonds. The average Bonchev–Trinajstić information content (AvgIpc) is 2.68. The van der Waals surface area contributed by atoms with Crippen LogP contribution < -0.4 is 5.32 Å². The maximum Gasteiger partial charge on any atom is 0.124 e. The van der Waals surface area contributed by atoms with Crippen LogP contribution in [0.2, 0.25) is 0 Å². The Balaban J connectivity index is 2.18. The second kappa shape index (κ2) is 4.09. The summed E-state index contributed by atoms with van der Waals surface area (Å²) in [5.74, 6) is -0.234. The van der Waals surface area contributed by atoms with E-state index in [1.165, 1.54) is 12.1 Å². The minimum absolute atomic E-state index is 0.0550. The second-order valence-electron chi connectivity index (χ2n) is 4.19. The number of halogens is 1. The fraction of sp³-hybridized carbons (Fsp3) is 0.417. The normalized spacial score (nSPS) is 19.5. The number of ether oxygens (including phenoxy) is 1. The molecule has 0 saturated heterocycles. The minimum Gasteiger partial charge on any atom is -0.369 e. The number of likely N-dealkylation sites (N-methyl/N-ethyl adjacent to an activating group) is 1. The van der Waals surface area contributed by atoms with Crippen molar-refractivity contribution in [1.29, 1.82) is 0 Å². The topological polar surface area (TPSA) is 39.1 Å². The Morgan fingerprint density at radius 1 is 1.59 bits per heavy atom. The molecule has 0 aliphatic carbocycles. The van der Waals surface area contributed by atoms with E-state index in [0.717, 1.165) is 23.1 Å². The molecule has 17 heavy (non-hydrogen) atoms. The maximum atomic E-state index is 13.3. The summed E-state index contributed by atoms with van der Waals surface area (Å²) in [4.78, 5) is 0. The Bertz CT molecular complexity index is 552. The Labute approximate surface area is 98.4 Å². The zero-order valence-electron chi connectivity index (χ0n) is 9.61. The van der Waals surface area contributed by atoms with Gasteiger partial charge in [0.2, 0.25) is 0 Å². The highest BCUT2D eigenvalue weighted by atomic mass is 19.1. The molecule has 3 rings (SSSR count). The summed E-state index contributed by atoms with van der Waals surface area (Å²) in [5.41, 5.74) is 1.80. The molecular weight excluding hydrogens is 221 g/mol. The third-order valence-corrected chi connectivity index (χ3v) is 3.06. The maximum absolute atomic E-state index is 13.3. The standard InChI is InChI=1S/C12H14FN3O/c1-14-7-11-12-9-6-8(13)2-3-10(9)15-16(12)4-5-17-11/h2-3,6,11,14H,4-5,7H2,1H3. The van der Waals surface area contributed by atoms with Gasteiger partial charge in [-0.1, -0.05) is 0 Å². The van der Waals surface area contributed by atoms with Gasteiger partial charge in [0.1, 0.15) is 11.9 Å². The van der Waals surface area contributed by atoms with Gasteiger partial charge in [0.25, 0.3) is 0 Å². The van der Waals surface area contributed by atoms with E-state index in [0.29, 0.717) is 13.2 Å². The number of nitrogens with one attached hydrogen (secondary N) is 1. The number of rotatable bonds is 2. The Hall–Kier alpha value is -1.46. The van der Waals surface area contributed by atoms with Crippen molar-refractivity contribution in [3.8, 4) is 0 Å². The van der Waals surface area contributed by atoms with Gasteiger partial charge in [-0.25, -0.2) is 4.39 Å². The largest absolute Gasteiger partial charge is 0.369 e. The van der Waals surface area contributed by atoms with E-state index in [1.54, 1.807) is 6.07 Å². The van der Waals surface area contributed by atoms with Crippen LogP contribution in [0.5, 0.6) is 0 Å². The number of hydrogen-bond acceptors (Lipinski definition) is 3. The summed E-state index contributed by atoms with van der Waals surface area (Å²) < 4.78 is 20.9. The number of aromatic nitrogens is 2. The number of hydrogen-bond donors (Lipinski definition) is 1. The molecule has 1 aromatic heterocycles. The molecule has 0 fully saturated rings. The zero-order chi connectivity index (χ0) is 11.8. The monoisotopic (exact) mass is 235 g/mol. The third-order valence-electron chi connectivity index (χ3n) is 3.06. The molecule has 90 valence electrons. The van der Waals surface area contributed by atoms with Gasteiger partial charge in [-0.15, -0.1) is 0 Å². The first-order chi connectivity index (χ1) is 8.29. The van der Waals surface area contributed by atoms with Crippen molar-refractivity contribution in [1.82, 2.24) is 15.1 Å². The van der Waals surface area contributed by atoms with Crippen molar-refractivity contribution >= 4 is 10.9 Å².